The Balaban J connectivity index is 2.50. The summed E-state index contributed by atoms with van der Waals surface area (Å²) < 4.78 is 5.96. The number of amides is 1. The van der Waals surface area contributed by atoms with Gasteiger partial charge in [-0.15, -0.1) is 11.3 Å². The van der Waals surface area contributed by atoms with Gasteiger partial charge in [-0.25, -0.2) is 4.79 Å². The number of hydrogen-bond donors (Lipinski definition) is 3. The van der Waals surface area contributed by atoms with Crippen LogP contribution in [0.25, 0.3) is 0 Å². The van der Waals surface area contributed by atoms with Crippen LogP contribution in [0.3, 0.4) is 0 Å². The quantitative estimate of drug-likeness (QED) is 0.766. The molecule has 0 fully saturated rings. The van der Waals surface area contributed by atoms with E-state index in [0.29, 0.717) is 4.88 Å². The lowest BCUT2D eigenvalue weighted by atomic mass is 10.1. The number of nitrogens with one attached hydrogen (secondary N) is 1. The van der Waals surface area contributed by atoms with Crippen molar-refractivity contribution in [1.29, 1.82) is 0 Å². The van der Waals surface area contributed by atoms with E-state index < -0.39 is 23.9 Å². The molecule has 0 bridgehead atoms. The molecular weight excluding hydrogens is 346 g/mol. The van der Waals surface area contributed by atoms with E-state index >= 15 is 0 Å². The van der Waals surface area contributed by atoms with Crippen LogP contribution in [0.4, 0.5) is 4.79 Å². The first kappa shape index (κ1) is 17.4. The summed E-state index contributed by atoms with van der Waals surface area (Å²) in [5, 5.41) is 22.3. The minimum absolute atomic E-state index is 0.0787. The Kier molecular flexibility index (Phi) is 6.00. The number of carbonyl (C=O) groups is 1. The molecule has 1 aromatic rings. The summed E-state index contributed by atoms with van der Waals surface area (Å²) in [4.78, 5) is 12.1. The summed E-state index contributed by atoms with van der Waals surface area (Å²) in [6, 6.07) is 1.80. The van der Waals surface area contributed by atoms with Crippen LogP contribution >= 0.6 is 27.3 Å². The zero-order valence-electron chi connectivity index (χ0n) is 11.9. The molecule has 0 aliphatic rings. The molecule has 20 heavy (non-hydrogen) atoms. The molecule has 2 unspecified atom stereocenters. The first-order chi connectivity index (χ1) is 9.10. The number of carbonyl (C=O) groups excluding carboxylic acids is 1. The normalized spacial score (nSPS) is 14.8. The summed E-state index contributed by atoms with van der Waals surface area (Å²) in [5.74, 6) is 0. The molecule has 114 valence electrons. The number of aliphatic hydroxyl groups is 2. The predicted molar refractivity (Wildman–Crippen MR) is 82.0 cm³/mol. The van der Waals surface area contributed by atoms with Crippen molar-refractivity contribution in [2.45, 2.75) is 45.5 Å². The largest absolute Gasteiger partial charge is 0.444 e. The molecule has 0 radical (unpaired) electrons. The van der Waals surface area contributed by atoms with Crippen LogP contribution in [-0.4, -0.2) is 34.6 Å². The Labute approximate surface area is 131 Å². The molecule has 1 rings (SSSR count). The molecule has 0 saturated heterocycles. The molecule has 5 nitrogen and oxygen atoms in total. The molecule has 0 aliphatic heterocycles. The Morgan fingerprint density at radius 1 is 1.50 bits per heavy atom. The molecule has 1 aromatic heterocycles. The monoisotopic (exact) mass is 365 g/mol. The standard InChI is InChI=1S/C13H20BrNO4S/c1-7-5-9(20-11(7)14)10(17)8(16)6-15-12(18)19-13(2,3)4/h5,8,10,16-17H,6H2,1-4H3,(H,15,18). The second-order valence-electron chi connectivity index (χ2n) is 5.50. The van der Waals surface area contributed by atoms with Crippen LogP contribution in [0.15, 0.2) is 9.85 Å². The van der Waals surface area contributed by atoms with E-state index in [4.69, 9.17) is 4.74 Å². The van der Waals surface area contributed by atoms with Crippen LogP contribution in [0.2, 0.25) is 0 Å². The lowest BCUT2D eigenvalue weighted by Crippen LogP contribution is -2.38. The number of ether oxygens (including phenoxy) is 1. The lowest BCUT2D eigenvalue weighted by molar-refractivity contribution is 0.0146. The van der Waals surface area contributed by atoms with Gasteiger partial charge in [0.25, 0.3) is 0 Å². The van der Waals surface area contributed by atoms with Crippen molar-refractivity contribution in [2.75, 3.05) is 6.54 Å². The SMILES string of the molecule is Cc1cc(C(O)C(O)CNC(=O)OC(C)(C)C)sc1Br. The number of aryl methyl sites for hydroxylation is 1. The molecular formula is C13H20BrNO4S. The highest BCUT2D eigenvalue weighted by Crippen LogP contribution is 2.32. The van der Waals surface area contributed by atoms with Gasteiger partial charge in [0.2, 0.25) is 0 Å². The molecule has 1 heterocycles. The van der Waals surface area contributed by atoms with Gasteiger partial charge < -0.3 is 20.3 Å². The first-order valence-electron chi connectivity index (χ1n) is 6.19. The van der Waals surface area contributed by atoms with Crippen molar-refractivity contribution in [2.24, 2.45) is 0 Å². The summed E-state index contributed by atoms with van der Waals surface area (Å²) in [6.07, 6.45) is -2.75. The van der Waals surface area contributed by atoms with Gasteiger partial charge in [-0.3, -0.25) is 0 Å². The number of rotatable bonds is 4. The van der Waals surface area contributed by atoms with Gasteiger partial charge in [0.1, 0.15) is 17.8 Å². The van der Waals surface area contributed by atoms with Crippen molar-refractivity contribution in [1.82, 2.24) is 5.32 Å². The van der Waals surface area contributed by atoms with Gasteiger partial charge in [-0.2, -0.15) is 0 Å². The van der Waals surface area contributed by atoms with Crippen LogP contribution in [0, 0.1) is 6.92 Å². The summed E-state index contributed by atoms with van der Waals surface area (Å²) >= 11 is 4.72. The number of halogens is 1. The number of alkyl carbamates (subject to hydrolysis) is 1. The van der Waals surface area contributed by atoms with Gasteiger partial charge >= 0.3 is 6.09 Å². The molecule has 0 aromatic carbocycles. The molecule has 2 atom stereocenters. The molecule has 3 N–H and O–H groups in total. The highest BCUT2D eigenvalue weighted by Gasteiger charge is 2.23. The van der Waals surface area contributed by atoms with E-state index in [1.807, 2.05) is 6.92 Å². The highest BCUT2D eigenvalue weighted by atomic mass is 79.9. The van der Waals surface area contributed by atoms with Gasteiger partial charge in [-0.05, 0) is 55.3 Å². The van der Waals surface area contributed by atoms with Crippen LogP contribution in [0.5, 0.6) is 0 Å². The van der Waals surface area contributed by atoms with Crippen molar-refractivity contribution < 1.29 is 19.7 Å². The average Bonchev–Trinajstić information content (AvgIpc) is 2.63. The van der Waals surface area contributed by atoms with Crippen molar-refractivity contribution in [3.63, 3.8) is 0 Å². The number of thiophene rings is 1. The average molecular weight is 366 g/mol. The molecule has 0 saturated carbocycles. The zero-order chi connectivity index (χ0) is 15.5. The second-order valence-corrected chi connectivity index (χ2v) is 7.90. The van der Waals surface area contributed by atoms with E-state index in [1.165, 1.54) is 11.3 Å². The molecule has 0 aliphatic carbocycles. The van der Waals surface area contributed by atoms with Gasteiger partial charge in [0, 0.05) is 11.4 Å². The van der Waals surface area contributed by atoms with Crippen LogP contribution in [-0.2, 0) is 4.74 Å². The zero-order valence-corrected chi connectivity index (χ0v) is 14.3. The minimum atomic E-state index is -1.09. The fraction of sp³-hybridized carbons (Fsp3) is 0.615. The maximum absolute atomic E-state index is 11.4. The molecule has 1 amide bonds. The van der Waals surface area contributed by atoms with Gasteiger partial charge in [0.15, 0.2) is 0 Å². The molecule has 0 spiro atoms. The van der Waals surface area contributed by atoms with E-state index in [-0.39, 0.29) is 6.54 Å². The Morgan fingerprint density at radius 2 is 2.10 bits per heavy atom. The van der Waals surface area contributed by atoms with Crippen molar-refractivity contribution in [3.05, 3.63) is 20.3 Å². The van der Waals surface area contributed by atoms with Gasteiger partial charge in [0.05, 0.1) is 3.79 Å². The Hall–Kier alpha value is -0.630. The summed E-state index contributed by atoms with van der Waals surface area (Å²) in [5.41, 5.74) is 0.403. The number of aliphatic hydroxyl groups excluding tert-OH is 2. The summed E-state index contributed by atoms with van der Waals surface area (Å²) in [6.45, 7) is 7.09. The van der Waals surface area contributed by atoms with E-state index in [0.717, 1.165) is 9.35 Å². The third kappa shape index (κ3) is 5.40. The molecule has 7 heteroatoms. The van der Waals surface area contributed by atoms with E-state index in [1.54, 1.807) is 26.8 Å². The Morgan fingerprint density at radius 3 is 2.55 bits per heavy atom. The highest BCUT2D eigenvalue weighted by molar-refractivity contribution is 9.11. The van der Waals surface area contributed by atoms with Crippen LogP contribution in [0.1, 0.15) is 37.3 Å². The smallest absolute Gasteiger partial charge is 0.407 e. The van der Waals surface area contributed by atoms with Gasteiger partial charge in [-0.1, -0.05) is 0 Å². The lowest BCUT2D eigenvalue weighted by Gasteiger charge is -2.21. The van der Waals surface area contributed by atoms with Crippen molar-refractivity contribution >= 4 is 33.4 Å². The Bertz CT molecular complexity index is 450. The third-order valence-corrected chi connectivity index (χ3v) is 4.59. The van der Waals surface area contributed by atoms with E-state index in [9.17, 15) is 15.0 Å². The minimum Gasteiger partial charge on any atom is -0.444 e. The van der Waals surface area contributed by atoms with Crippen LogP contribution < -0.4 is 5.32 Å². The fourth-order valence-corrected chi connectivity index (χ4v) is 3.05. The first-order valence-corrected chi connectivity index (χ1v) is 7.80. The fourth-order valence-electron chi connectivity index (χ4n) is 1.43. The topological polar surface area (TPSA) is 78.8 Å². The second kappa shape index (κ2) is 6.89. The van der Waals surface area contributed by atoms with E-state index in [2.05, 4.69) is 21.2 Å². The predicted octanol–water partition coefficient (Wildman–Crippen LogP) is 2.74. The third-order valence-electron chi connectivity index (χ3n) is 2.39. The summed E-state index contributed by atoms with van der Waals surface area (Å²) in [7, 11) is 0. The number of hydrogen-bond acceptors (Lipinski definition) is 5. The van der Waals surface area contributed by atoms with Crippen molar-refractivity contribution in [3.8, 4) is 0 Å². The maximum Gasteiger partial charge on any atom is 0.407 e. The maximum atomic E-state index is 11.4.